The summed E-state index contributed by atoms with van der Waals surface area (Å²) in [4.78, 5) is 6.78. The van der Waals surface area contributed by atoms with Gasteiger partial charge in [0.1, 0.15) is 28.6 Å². The number of rotatable bonds is 4. The van der Waals surface area contributed by atoms with Gasteiger partial charge in [-0.25, -0.2) is 18.3 Å². The van der Waals surface area contributed by atoms with Gasteiger partial charge in [-0.1, -0.05) is 18.7 Å². The molecule has 1 saturated heterocycles. The van der Waals surface area contributed by atoms with Crippen LogP contribution in [0.25, 0.3) is 5.65 Å². The largest absolute Gasteiger partial charge is 0.346 e. The van der Waals surface area contributed by atoms with Crippen molar-refractivity contribution >= 4 is 33.3 Å². The topological polar surface area (TPSA) is 105 Å². The van der Waals surface area contributed by atoms with Gasteiger partial charge in [0.25, 0.3) is 0 Å². The molecule has 2 aromatic heterocycles. The van der Waals surface area contributed by atoms with E-state index in [1.807, 2.05) is 17.9 Å². The lowest BCUT2D eigenvalue weighted by atomic mass is 10.0. The van der Waals surface area contributed by atoms with Gasteiger partial charge in [0.2, 0.25) is 0 Å². The normalized spacial score (nSPS) is 24.1. The molecular formula is C24H21F2N7S. The average Bonchev–Trinajstić information content (AvgIpc) is 3.67. The Kier molecular flexibility index (Phi) is 4.43. The molecule has 6 rings (SSSR count). The molecule has 3 fully saturated rings. The summed E-state index contributed by atoms with van der Waals surface area (Å²) in [6, 6.07) is 7.38. The Morgan fingerprint density at radius 1 is 1.26 bits per heavy atom. The monoisotopic (exact) mass is 477 g/mol. The number of anilines is 1. The zero-order valence-corrected chi connectivity index (χ0v) is 19.2. The van der Waals surface area contributed by atoms with E-state index in [1.165, 1.54) is 16.6 Å². The first-order chi connectivity index (χ1) is 16.3. The highest BCUT2D eigenvalue weighted by atomic mass is 32.2. The second-order valence-electron chi connectivity index (χ2n) is 9.60. The van der Waals surface area contributed by atoms with Gasteiger partial charge in [-0.2, -0.15) is 10.4 Å². The van der Waals surface area contributed by atoms with Gasteiger partial charge in [-0.3, -0.25) is 10.8 Å². The molecule has 2 aliphatic carbocycles. The first kappa shape index (κ1) is 21.2. The van der Waals surface area contributed by atoms with E-state index in [0.717, 1.165) is 43.5 Å². The van der Waals surface area contributed by atoms with Gasteiger partial charge in [0, 0.05) is 23.7 Å². The number of hydrogen-bond acceptors (Lipinski definition) is 7. The highest BCUT2D eigenvalue weighted by Gasteiger charge is 2.64. The van der Waals surface area contributed by atoms with Crippen molar-refractivity contribution in [3.05, 3.63) is 58.9 Å². The van der Waals surface area contributed by atoms with Crippen molar-refractivity contribution in [3.63, 3.8) is 0 Å². The van der Waals surface area contributed by atoms with E-state index in [4.69, 9.17) is 15.8 Å². The van der Waals surface area contributed by atoms with Crippen LogP contribution < -0.4 is 4.90 Å². The number of aromatic nitrogens is 3. The van der Waals surface area contributed by atoms with E-state index in [-0.39, 0.29) is 22.1 Å². The molecule has 172 valence electrons. The number of piperidine rings is 1. The molecule has 0 amide bonds. The molecule has 3 aliphatic rings. The third-order valence-corrected chi connectivity index (χ3v) is 8.59. The minimum atomic E-state index is -0.638. The molecule has 0 radical (unpaired) electrons. The quantitative estimate of drug-likeness (QED) is 0.413. The van der Waals surface area contributed by atoms with Gasteiger partial charge in [0.05, 0.1) is 16.1 Å². The zero-order valence-electron chi connectivity index (χ0n) is 18.4. The number of fused-ring (bicyclic) bond motifs is 2. The van der Waals surface area contributed by atoms with Crippen LogP contribution in [-0.2, 0) is 5.54 Å². The van der Waals surface area contributed by atoms with Crippen LogP contribution in [-0.4, -0.2) is 31.2 Å². The third-order valence-electron chi connectivity index (χ3n) is 7.48. The van der Waals surface area contributed by atoms with E-state index in [9.17, 15) is 14.0 Å². The number of benzene rings is 1. The van der Waals surface area contributed by atoms with Crippen LogP contribution in [0, 0.1) is 45.1 Å². The summed E-state index contributed by atoms with van der Waals surface area (Å²) in [5, 5.41) is 31.4. The molecule has 1 aliphatic heterocycles. The lowest BCUT2D eigenvalue weighted by molar-refractivity contribution is 0.544. The van der Waals surface area contributed by atoms with Crippen molar-refractivity contribution in [2.45, 2.75) is 38.1 Å². The number of nitrogens with one attached hydrogen (secondary N) is 2. The lowest BCUT2D eigenvalue weighted by Crippen LogP contribution is -2.34. The smallest absolute Gasteiger partial charge is 0.175 e. The second kappa shape index (κ2) is 7.09. The van der Waals surface area contributed by atoms with Crippen LogP contribution >= 0.6 is 11.8 Å². The van der Waals surface area contributed by atoms with Gasteiger partial charge in [0.15, 0.2) is 11.3 Å². The molecule has 0 bridgehead atoms. The molecule has 0 unspecified atom stereocenters. The van der Waals surface area contributed by atoms with Gasteiger partial charge < -0.3 is 4.90 Å². The van der Waals surface area contributed by atoms with Crippen molar-refractivity contribution in [3.8, 4) is 6.07 Å². The van der Waals surface area contributed by atoms with Crippen molar-refractivity contribution < 1.29 is 8.78 Å². The highest BCUT2D eigenvalue weighted by molar-refractivity contribution is 8.26. The van der Waals surface area contributed by atoms with Crippen LogP contribution in [0.3, 0.4) is 0 Å². The van der Waals surface area contributed by atoms with E-state index in [1.54, 1.807) is 12.3 Å². The maximum absolute atomic E-state index is 14.8. The number of nitrogens with zero attached hydrogens (tertiary/aromatic N) is 5. The standard InChI is InChI=1S/C24H21F2N7S/c1-23(6-7-23)22(29)34-20(28)19-17(12-27)31-33-9-5-18(30-21(19)33)32-8-4-13-11-24(13,32)15-10-14(25)2-3-16(15)26/h2-3,5,9-10,13,28-29H,4,6-8,11H2,1H3/t13-,24+/m0/s1. The number of hydrogen-bond donors (Lipinski definition) is 2. The summed E-state index contributed by atoms with van der Waals surface area (Å²) in [5.74, 6) is -0.113. The SMILES string of the molecule is CC1(C(=N)SC(=N)c2c(C#N)nn3ccc(N4CC[C@H]5C[C@]54c4cc(F)ccc4F)nc23)CC1. The van der Waals surface area contributed by atoms with Crippen molar-refractivity contribution in [2.24, 2.45) is 11.3 Å². The Morgan fingerprint density at radius 2 is 2.06 bits per heavy atom. The van der Waals surface area contributed by atoms with Crippen LogP contribution in [0.15, 0.2) is 30.5 Å². The fourth-order valence-electron chi connectivity index (χ4n) is 5.14. The molecule has 3 heterocycles. The van der Waals surface area contributed by atoms with Gasteiger partial charge in [-0.05, 0) is 55.9 Å². The Labute approximate surface area is 198 Å². The van der Waals surface area contributed by atoms with E-state index < -0.39 is 17.2 Å². The molecule has 0 spiro atoms. The van der Waals surface area contributed by atoms with E-state index >= 15 is 0 Å². The number of thioether (sulfide) groups is 1. The maximum atomic E-state index is 14.8. The first-order valence-corrected chi connectivity index (χ1v) is 12.0. The Morgan fingerprint density at radius 3 is 2.76 bits per heavy atom. The van der Waals surface area contributed by atoms with Crippen LogP contribution in [0.5, 0.6) is 0 Å². The second-order valence-corrected chi connectivity index (χ2v) is 10.6. The molecule has 10 heteroatoms. The van der Waals surface area contributed by atoms with E-state index in [0.29, 0.717) is 34.2 Å². The van der Waals surface area contributed by atoms with Crippen LogP contribution in [0.2, 0.25) is 0 Å². The average molecular weight is 478 g/mol. The molecule has 2 saturated carbocycles. The number of halogens is 2. The molecule has 2 N–H and O–H groups in total. The van der Waals surface area contributed by atoms with Crippen LogP contribution in [0.4, 0.5) is 14.6 Å². The Balaban J connectivity index is 1.41. The predicted octanol–water partition coefficient (Wildman–Crippen LogP) is 4.84. The molecule has 7 nitrogen and oxygen atoms in total. The lowest BCUT2D eigenvalue weighted by Gasteiger charge is -2.30. The van der Waals surface area contributed by atoms with E-state index in [2.05, 4.69) is 5.10 Å². The summed E-state index contributed by atoms with van der Waals surface area (Å²) < 4.78 is 30.2. The van der Waals surface area contributed by atoms with Crippen molar-refractivity contribution in [2.75, 3.05) is 11.4 Å². The van der Waals surface area contributed by atoms with Crippen molar-refractivity contribution in [1.82, 2.24) is 14.6 Å². The maximum Gasteiger partial charge on any atom is 0.175 e. The number of nitriles is 1. The summed E-state index contributed by atoms with van der Waals surface area (Å²) in [7, 11) is 0. The summed E-state index contributed by atoms with van der Waals surface area (Å²) in [5.41, 5.74) is 0.231. The highest BCUT2D eigenvalue weighted by Crippen LogP contribution is 2.63. The van der Waals surface area contributed by atoms with Gasteiger partial charge >= 0.3 is 0 Å². The Hall–Kier alpha value is -3.32. The minimum Gasteiger partial charge on any atom is -0.346 e. The third kappa shape index (κ3) is 2.99. The summed E-state index contributed by atoms with van der Waals surface area (Å²) in [6.45, 7) is 2.64. The zero-order chi connectivity index (χ0) is 23.8. The molecule has 1 aromatic carbocycles. The van der Waals surface area contributed by atoms with Crippen molar-refractivity contribution in [1.29, 1.82) is 16.1 Å². The Bertz CT molecular complexity index is 1440. The molecule has 2 atom stereocenters. The summed E-state index contributed by atoms with van der Waals surface area (Å²) >= 11 is 1.04. The molecule has 3 aromatic rings. The summed E-state index contributed by atoms with van der Waals surface area (Å²) in [6.07, 6.45) is 5.09. The fourth-order valence-corrected chi connectivity index (χ4v) is 6.09. The van der Waals surface area contributed by atoms with Gasteiger partial charge in [-0.15, -0.1) is 0 Å². The molecule has 34 heavy (non-hydrogen) atoms. The first-order valence-electron chi connectivity index (χ1n) is 11.2. The van der Waals surface area contributed by atoms with Crippen LogP contribution in [0.1, 0.15) is 49.4 Å². The minimum absolute atomic E-state index is 0.0610. The predicted molar refractivity (Wildman–Crippen MR) is 125 cm³/mol. The fraction of sp³-hybridized carbons (Fsp3) is 0.375. The molecular weight excluding hydrogens is 456 g/mol.